The Morgan fingerprint density at radius 1 is 0.836 bits per heavy atom. The number of benzene rings is 4. The van der Waals surface area contributed by atoms with Crippen LogP contribution >= 0.6 is 0 Å². The number of carbonyl (C=O) groups is 7. The quantitative estimate of drug-likeness (QED) is 0.0414. The molecule has 7 rings (SSSR count). The van der Waals surface area contributed by atoms with E-state index >= 15 is 0 Å². The van der Waals surface area contributed by atoms with Gasteiger partial charge in [-0.15, -0.1) is 0 Å². The predicted molar refractivity (Wildman–Crippen MR) is 274 cm³/mol. The molecule has 2 fully saturated rings. The molecule has 0 aromatic heterocycles. The summed E-state index contributed by atoms with van der Waals surface area (Å²) in [6.07, 6.45) is 4.27. The number of esters is 1. The molecule has 3 aliphatic rings. The van der Waals surface area contributed by atoms with Crippen LogP contribution in [0, 0.1) is 20.8 Å². The molecule has 386 valence electrons. The smallest absolute Gasteiger partial charge is 0.329 e. The van der Waals surface area contributed by atoms with Gasteiger partial charge in [0.15, 0.2) is 6.61 Å². The topological polar surface area (TPSA) is 199 Å². The molecule has 0 spiro atoms. The number of hydrogen-bond donors (Lipinski definition) is 3. The Morgan fingerprint density at radius 2 is 1.62 bits per heavy atom. The summed E-state index contributed by atoms with van der Waals surface area (Å²) >= 11 is 0. The Kier molecular flexibility index (Phi) is 17.7. The van der Waals surface area contributed by atoms with Gasteiger partial charge in [-0.05, 0) is 143 Å². The second-order valence-electron chi connectivity index (χ2n) is 19.0. The zero-order chi connectivity index (χ0) is 52.3. The Hall–Kier alpha value is -7.49. The summed E-state index contributed by atoms with van der Waals surface area (Å²) in [5.74, 6) is -1.76. The fourth-order valence-corrected chi connectivity index (χ4v) is 9.97. The second kappa shape index (κ2) is 24.3. The number of likely N-dealkylation sites (tertiary alicyclic amines) is 1. The number of anilines is 1. The van der Waals surface area contributed by atoms with E-state index in [-0.39, 0.29) is 54.6 Å². The van der Waals surface area contributed by atoms with Crippen LogP contribution in [0.4, 0.5) is 5.69 Å². The van der Waals surface area contributed by atoms with Crippen LogP contribution in [0.2, 0.25) is 0 Å². The zero-order valence-electron chi connectivity index (χ0n) is 42.7. The first-order chi connectivity index (χ1) is 35.1. The number of allylic oxidation sites excluding steroid dienone is 1. The van der Waals surface area contributed by atoms with Crippen LogP contribution in [0.15, 0.2) is 85.1 Å². The van der Waals surface area contributed by atoms with E-state index in [9.17, 15) is 33.6 Å². The van der Waals surface area contributed by atoms with Gasteiger partial charge in [-0.2, -0.15) is 0 Å². The molecule has 0 bridgehead atoms. The van der Waals surface area contributed by atoms with Crippen LogP contribution in [0.3, 0.4) is 0 Å². The Balaban J connectivity index is 0.964. The molecular weight excluding hydrogens is 931 g/mol. The van der Waals surface area contributed by atoms with Gasteiger partial charge >= 0.3 is 5.97 Å². The molecule has 4 atom stereocenters. The van der Waals surface area contributed by atoms with E-state index in [1.807, 2.05) is 70.2 Å². The van der Waals surface area contributed by atoms with Gasteiger partial charge in [0.05, 0.1) is 37.0 Å². The van der Waals surface area contributed by atoms with Gasteiger partial charge in [0.1, 0.15) is 35.4 Å². The highest BCUT2D eigenvalue weighted by molar-refractivity contribution is 6.25. The van der Waals surface area contributed by atoms with Gasteiger partial charge in [-0.1, -0.05) is 56.0 Å². The first-order valence-corrected chi connectivity index (χ1v) is 25.2. The Labute approximate surface area is 427 Å². The van der Waals surface area contributed by atoms with Crippen molar-refractivity contribution in [1.82, 2.24) is 20.4 Å². The summed E-state index contributed by atoms with van der Waals surface area (Å²) in [7, 11) is 3.24. The highest BCUT2D eigenvalue weighted by Gasteiger charge is 2.45. The van der Waals surface area contributed by atoms with E-state index in [4.69, 9.17) is 18.9 Å². The van der Waals surface area contributed by atoms with Crippen LogP contribution in [0.1, 0.15) is 137 Å². The number of fused-ring (bicyclic) bond motifs is 1. The van der Waals surface area contributed by atoms with Crippen molar-refractivity contribution in [3.05, 3.63) is 130 Å². The van der Waals surface area contributed by atoms with Crippen molar-refractivity contribution in [2.45, 2.75) is 122 Å². The lowest BCUT2D eigenvalue weighted by atomic mass is 9.90. The Bertz CT molecular complexity index is 2770. The maximum absolute atomic E-state index is 14.5. The van der Waals surface area contributed by atoms with Gasteiger partial charge in [0.25, 0.3) is 17.7 Å². The van der Waals surface area contributed by atoms with Crippen LogP contribution in [-0.4, -0.2) is 97.2 Å². The lowest BCUT2D eigenvalue weighted by Gasteiger charge is -2.37. The summed E-state index contributed by atoms with van der Waals surface area (Å²) in [4.78, 5) is 97.3. The normalized spacial score (nSPS) is 17.3. The van der Waals surface area contributed by atoms with E-state index in [1.54, 1.807) is 43.4 Å². The molecule has 73 heavy (non-hydrogen) atoms. The minimum atomic E-state index is -0.976. The molecule has 3 N–H and O–H groups in total. The van der Waals surface area contributed by atoms with Gasteiger partial charge < -0.3 is 39.8 Å². The number of carbonyl (C=O) groups excluding carboxylic acids is 7. The van der Waals surface area contributed by atoms with E-state index in [1.165, 1.54) is 6.07 Å². The average molecular weight is 998 g/mol. The van der Waals surface area contributed by atoms with Gasteiger partial charge in [0, 0.05) is 30.8 Å². The van der Waals surface area contributed by atoms with Crippen LogP contribution < -0.4 is 30.2 Å². The molecule has 3 heterocycles. The molecule has 6 amide bonds. The van der Waals surface area contributed by atoms with E-state index in [0.29, 0.717) is 74.3 Å². The number of nitrogens with one attached hydrogen (secondary N) is 3. The van der Waals surface area contributed by atoms with Crippen molar-refractivity contribution >= 4 is 47.1 Å². The van der Waals surface area contributed by atoms with Gasteiger partial charge in [-0.25, -0.2) is 4.79 Å². The van der Waals surface area contributed by atoms with Crippen LogP contribution in [-0.2, 0) is 35.1 Å². The molecule has 1 unspecified atom stereocenters. The highest BCUT2D eigenvalue weighted by Crippen LogP contribution is 2.37. The lowest BCUT2D eigenvalue weighted by Crippen LogP contribution is -2.51. The van der Waals surface area contributed by atoms with Crippen LogP contribution in [0.5, 0.6) is 17.2 Å². The third-order valence-electron chi connectivity index (χ3n) is 14.1. The van der Waals surface area contributed by atoms with Crippen molar-refractivity contribution in [3.63, 3.8) is 0 Å². The Morgan fingerprint density at radius 3 is 2.36 bits per heavy atom. The average Bonchev–Trinajstić information content (AvgIpc) is 3.64. The number of para-hydroxylation sites is 1. The zero-order valence-corrected chi connectivity index (χ0v) is 42.7. The molecule has 16 heteroatoms. The number of ether oxygens (including phenoxy) is 4. The minimum Gasteiger partial charge on any atom is -0.496 e. The fraction of sp³-hybridized carbons (Fsp3) is 0.421. The van der Waals surface area contributed by atoms with E-state index in [2.05, 4.69) is 22.5 Å². The first-order valence-electron chi connectivity index (χ1n) is 25.2. The van der Waals surface area contributed by atoms with Crippen molar-refractivity contribution < 1.29 is 52.5 Å². The number of rotatable bonds is 21. The van der Waals surface area contributed by atoms with Crippen LogP contribution in [0.25, 0.3) is 0 Å². The maximum Gasteiger partial charge on any atom is 0.329 e. The van der Waals surface area contributed by atoms with Crippen molar-refractivity contribution in [2.75, 3.05) is 39.2 Å². The van der Waals surface area contributed by atoms with Gasteiger partial charge in [0.2, 0.25) is 17.7 Å². The number of methoxy groups -OCH3 is 2. The monoisotopic (exact) mass is 997 g/mol. The molecule has 3 aliphatic heterocycles. The summed E-state index contributed by atoms with van der Waals surface area (Å²) < 4.78 is 23.7. The summed E-state index contributed by atoms with van der Waals surface area (Å²) in [5.41, 5.74) is 6.29. The summed E-state index contributed by atoms with van der Waals surface area (Å²) in [6, 6.07) is 19.9. The largest absolute Gasteiger partial charge is 0.496 e. The van der Waals surface area contributed by atoms with Crippen molar-refractivity contribution in [2.24, 2.45) is 0 Å². The van der Waals surface area contributed by atoms with Crippen molar-refractivity contribution in [3.8, 4) is 17.2 Å². The number of imide groups is 1. The van der Waals surface area contributed by atoms with E-state index in [0.717, 1.165) is 51.3 Å². The number of hydrogen-bond acceptors (Lipinski definition) is 11. The number of amides is 6. The lowest BCUT2D eigenvalue weighted by molar-refractivity contribution is -0.162. The molecule has 0 radical (unpaired) electrons. The predicted octanol–water partition coefficient (Wildman–Crippen LogP) is 8.11. The van der Waals surface area contributed by atoms with Gasteiger partial charge in [-0.3, -0.25) is 33.7 Å². The minimum absolute atomic E-state index is 0.0442. The molecular formula is C57H67N5O11. The molecule has 16 nitrogen and oxygen atoms in total. The number of nitrogens with zero attached hydrogens (tertiary/aromatic N) is 2. The van der Waals surface area contributed by atoms with Crippen molar-refractivity contribution in [1.29, 1.82) is 0 Å². The third kappa shape index (κ3) is 12.4. The number of unbranched alkanes of at least 4 members (excludes halogenated alkanes) is 1. The fourth-order valence-electron chi connectivity index (χ4n) is 9.97. The molecule has 4 aromatic carbocycles. The molecule has 0 aliphatic carbocycles. The third-order valence-corrected chi connectivity index (χ3v) is 14.1. The summed E-state index contributed by atoms with van der Waals surface area (Å²) in [5, 5.41) is 8.20. The van der Waals surface area contributed by atoms with E-state index < -0.39 is 53.7 Å². The standard InChI is InChI=1S/C57H67N5O11/c1-8-40(39-31-34(2)37(5)49(32-39)71-7)54(66)61-29-14-12-19-45(61)57(69)73-48(27-24-38-23-26-46(70-6)35(3)30-38)41-16-9-10-20-47(41)72-33-51(64)58-28-13-11-21-50(63)60-43-18-15-17-42-52(43)56(68)62(55(42)67)44-25-22-36(4)59-53(44)65/h9-10,15-18,20,23,26,30-32,40,44-45,48H,4,8,11-14,19,21-22,24-25,27-29,33H2,1-3,5-7H3,(H,58,64)(H,59,65)(H,60,63)/t40-,44?,45-,48+/m0/s1. The second-order valence-corrected chi connectivity index (χ2v) is 19.0. The molecule has 2 saturated heterocycles. The highest BCUT2D eigenvalue weighted by atomic mass is 16.5. The SMILES string of the molecule is C=C1CCC(N2C(=O)c3cccc(NC(=O)CCCCNC(=O)COc4ccccc4[C@@H](CCc4ccc(OC)c(C)c4)OC(=O)[C@@H]4CCCCN4C(=O)[C@@H](CC)c4cc(C)c(C)c(OC)c4)c3C2=O)C(=O)N1. The summed E-state index contributed by atoms with van der Waals surface area (Å²) in [6.45, 7) is 12.0. The number of aryl methyl sites for hydroxylation is 3. The first kappa shape index (κ1) is 53.3. The molecule has 0 saturated carbocycles. The number of piperidine rings is 2. The maximum atomic E-state index is 14.5. The molecule has 4 aromatic rings.